The molecule has 0 bridgehead atoms. The standard InChI is InChI=1S/C25H27N3O5S/c1-27-14-16-28(17-15-27)34(30,31)24-18-19(8-13-23(24)32-2)25(29)26-20-9-11-22(12-10-20)33-21-6-4-3-5-7-21/h3-13,18H,14-17H2,1-2H3,(H,26,29). The number of amides is 1. The van der Waals surface area contributed by atoms with E-state index in [1.165, 1.54) is 23.5 Å². The first kappa shape index (κ1) is 23.7. The van der Waals surface area contributed by atoms with Crippen molar-refractivity contribution in [1.29, 1.82) is 0 Å². The molecule has 178 valence electrons. The second kappa shape index (κ2) is 10.3. The SMILES string of the molecule is COc1ccc(C(=O)Nc2ccc(Oc3ccccc3)cc2)cc1S(=O)(=O)N1CCN(C)CC1. The number of hydrogen-bond acceptors (Lipinski definition) is 6. The van der Waals surface area contributed by atoms with E-state index in [0.717, 1.165) is 0 Å². The highest BCUT2D eigenvalue weighted by Crippen LogP contribution is 2.29. The van der Waals surface area contributed by atoms with E-state index in [0.29, 0.717) is 43.4 Å². The summed E-state index contributed by atoms with van der Waals surface area (Å²) in [5.41, 5.74) is 0.780. The van der Waals surface area contributed by atoms with Crippen LogP contribution in [0.2, 0.25) is 0 Å². The van der Waals surface area contributed by atoms with Gasteiger partial charge in [0, 0.05) is 37.4 Å². The Hall–Kier alpha value is -3.40. The maximum atomic E-state index is 13.3. The van der Waals surface area contributed by atoms with Crippen molar-refractivity contribution < 1.29 is 22.7 Å². The van der Waals surface area contributed by atoms with Crippen LogP contribution in [0, 0.1) is 0 Å². The Morgan fingerprint density at radius 3 is 2.18 bits per heavy atom. The van der Waals surface area contributed by atoms with E-state index in [1.54, 1.807) is 30.3 Å². The second-order valence-electron chi connectivity index (χ2n) is 7.97. The molecule has 1 fully saturated rings. The Morgan fingerprint density at radius 1 is 0.882 bits per heavy atom. The van der Waals surface area contributed by atoms with Gasteiger partial charge in [-0.15, -0.1) is 0 Å². The van der Waals surface area contributed by atoms with E-state index in [4.69, 9.17) is 9.47 Å². The minimum Gasteiger partial charge on any atom is -0.495 e. The highest BCUT2D eigenvalue weighted by Gasteiger charge is 2.30. The third-order valence-electron chi connectivity index (χ3n) is 5.60. The molecule has 0 aromatic heterocycles. The summed E-state index contributed by atoms with van der Waals surface area (Å²) in [6, 6.07) is 20.8. The van der Waals surface area contributed by atoms with Gasteiger partial charge in [-0.1, -0.05) is 18.2 Å². The summed E-state index contributed by atoms with van der Waals surface area (Å²) in [6.07, 6.45) is 0. The van der Waals surface area contributed by atoms with Crippen molar-refractivity contribution >= 4 is 21.6 Å². The van der Waals surface area contributed by atoms with Crippen LogP contribution in [0.1, 0.15) is 10.4 Å². The summed E-state index contributed by atoms with van der Waals surface area (Å²) in [5.74, 6) is 1.13. The minimum atomic E-state index is -3.81. The molecule has 34 heavy (non-hydrogen) atoms. The van der Waals surface area contributed by atoms with Gasteiger partial charge in [0.25, 0.3) is 5.91 Å². The molecule has 0 saturated carbocycles. The smallest absolute Gasteiger partial charge is 0.255 e. The van der Waals surface area contributed by atoms with Gasteiger partial charge >= 0.3 is 0 Å². The fraction of sp³-hybridized carbons (Fsp3) is 0.240. The summed E-state index contributed by atoms with van der Waals surface area (Å²) in [6.45, 7) is 2.06. The zero-order valence-electron chi connectivity index (χ0n) is 19.1. The van der Waals surface area contributed by atoms with E-state index in [2.05, 4.69) is 10.2 Å². The topological polar surface area (TPSA) is 88.2 Å². The van der Waals surface area contributed by atoms with Gasteiger partial charge in [-0.25, -0.2) is 8.42 Å². The molecule has 1 N–H and O–H groups in total. The highest BCUT2D eigenvalue weighted by molar-refractivity contribution is 7.89. The van der Waals surface area contributed by atoms with Crippen LogP contribution in [-0.4, -0.2) is 63.9 Å². The van der Waals surface area contributed by atoms with Crippen LogP contribution >= 0.6 is 0 Å². The molecule has 1 aliphatic heterocycles. The maximum absolute atomic E-state index is 13.3. The van der Waals surface area contributed by atoms with Crippen molar-refractivity contribution in [2.75, 3.05) is 45.7 Å². The molecular weight excluding hydrogens is 454 g/mol. The summed E-state index contributed by atoms with van der Waals surface area (Å²) in [4.78, 5) is 14.9. The fourth-order valence-electron chi connectivity index (χ4n) is 3.62. The van der Waals surface area contributed by atoms with Crippen molar-refractivity contribution in [3.8, 4) is 17.2 Å². The van der Waals surface area contributed by atoms with E-state index >= 15 is 0 Å². The van der Waals surface area contributed by atoms with E-state index in [9.17, 15) is 13.2 Å². The molecule has 4 rings (SSSR count). The predicted molar refractivity (Wildman–Crippen MR) is 130 cm³/mol. The minimum absolute atomic E-state index is 0.0150. The van der Waals surface area contributed by atoms with E-state index < -0.39 is 15.9 Å². The lowest BCUT2D eigenvalue weighted by Gasteiger charge is -2.31. The molecule has 0 spiro atoms. The monoisotopic (exact) mass is 481 g/mol. The average Bonchev–Trinajstić information content (AvgIpc) is 2.85. The number of carbonyl (C=O) groups is 1. The fourth-order valence-corrected chi connectivity index (χ4v) is 5.22. The zero-order chi connectivity index (χ0) is 24.1. The van der Waals surface area contributed by atoms with Gasteiger partial charge < -0.3 is 19.7 Å². The van der Waals surface area contributed by atoms with Crippen LogP contribution in [0.3, 0.4) is 0 Å². The van der Waals surface area contributed by atoms with Crippen LogP contribution in [0.15, 0.2) is 77.7 Å². The number of carbonyl (C=O) groups excluding carboxylic acids is 1. The first-order valence-electron chi connectivity index (χ1n) is 10.9. The van der Waals surface area contributed by atoms with Crippen LogP contribution in [0.4, 0.5) is 5.69 Å². The Balaban J connectivity index is 1.50. The third kappa shape index (κ3) is 5.39. The Morgan fingerprint density at radius 2 is 1.53 bits per heavy atom. The number of anilines is 1. The molecule has 0 atom stereocenters. The van der Waals surface area contributed by atoms with Crippen LogP contribution < -0.4 is 14.8 Å². The molecule has 1 amide bonds. The molecule has 1 aliphatic rings. The van der Waals surface area contributed by atoms with Gasteiger partial charge in [0.2, 0.25) is 10.0 Å². The van der Waals surface area contributed by atoms with Crippen molar-refractivity contribution in [2.24, 2.45) is 0 Å². The maximum Gasteiger partial charge on any atom is 0.255 e. The number of ether oxygens (including phenoxy) is 2. The summed E-state index contributed by atoms with van der Waals surface area (Å²) in [7, 11) is -0.439. The quantitative estimate of drug-likeness (QED) is 0.554. The first-order chi connectivity index (χ1) is 16.4. The van der Waals surface area contributed by atoms with Crippen molar-refractivity contribution in [3.63, 3.8) is 0 Å². The van der Waals surface area contributed by atoms with Crippen LogP contribution in [-0.2, 0) is 10.0 Å². The molecular formula is C25H27N3O5S. The summed E-state index contributed by atoms with van der Waals surface area (Å²) >= 11 is 0. The van der Waals surface area contributed by atoms with Gasteiger partial charge in [0.05, 0.1) is 7.11 Å². The number of hydrogen-bond donors (Lipinski definition) is 1. The van der Waals surface area contributed by atoms with Crippen LogP contribution in [0.5, 0.6) is 17.2 Å². The Bertz CT molecular complexity index is 1240. The molecule has 9 heteroatoms. The molecule has 1 saturated heterocycles. The number of sulfonamides is 1. The summed E-state index contributed by atoms with van der Waals surface area (Å²) < 4.78 is 39.0. The number of methoxy groups -OCH3 is 1. The average molecular weight is 482 g/mol. The lowest BCUT2D eigenvalue weighted by Crippen LogP contribution is -2.47. The molecule has 0 radical (unpaired) electrons. The van der Waals surface area contributed by atoms with Crippen molar-refractivity contribution in [2.45, 2.75) is 4.90 Å². The molecule has 0 aliphatic carbocycles. The molecule has 3 aromatic carbocycles. The summed E-state index contributed by atoms with van der Waals surface area (Å²) in [5, 5.41) is 2.80. The van der Waals surface area contributed by atoms with E-state index in [-0.39, 0.29) is 16.2 Å². The third-order valence-corrected chi connectivity index (χ3v) is 7.52. The molecule has 3 aromatic rings. The predicted octanol–water partition coefficient (Wildman–Crippen LogP) is 3.68. The largest absolute Gasteiger partial charge is 0.495 e. The molecule has 0 unspecified atom stereocenters. The number of rotatable bonds is 7. The normalized spacial score (nSPS) is 15.0. The number of benzene rings is 3. The first-order valence-corrected chi connectivity index (χ1v) is 12.3. The van der Waals surface area contributed by atoms with Gasteiger partial charge in [0.1, 0.15) is 22.1 Å². The number of para-hydroxylation sites is 1. The van der Waals surface area contributed by atoms with Gasteiger partial charge in [0.15, 0.2) is 0 Å². The number of nitrogens with one attached hydrogen (secondary N) is 1. The van der Waals surface area contributed by atoms with Gasteiger partial charge in [-0.3, -0.25) is 4.79 Å². The lowest BCUT2D eigenvalue weighted by molar-refractivity contribution is 0.102. The lowest BCUT2D eigenvalue weighted by atomic mass is 10.2. The zero-order valence-corrected chi connectivity index (χ0v) is 19.9. The van der Waals surface area contributed by atoms with E-state index in [1.807, 2.05) is 37.4 Å². The van der Waals surface area contributed by atoms with Crippen molar-refractivity contribution in [3.05, 3.63) is 78.4 Å². The second-order valence-corrected chi connectivity index (χ2v) is 9.87. The van der Waals surface area contributed by atoms with Crippen molar-refractivity contribution in [1.82, 2.24) is 9.21 Å². The molecule has 8 nitrogen and oxygen atoms in total. The number of piperazine rings is 1. The van der Waals surface area contributed by atoms with Gasteiger partial charge in [-0.2, -0.15) is 4.31 Å². The molecule has 1 heterocycles. The van der Waals surface area contributed by atoms with Gasteiger partial charge in [-0.05, 0) is 61.6 Å². The van der Waals surface area contributed by atoms with Crippen LogP contribution in [0.25, 0.3) is 0 Å². The number of likely N-dealkylation sites (N-methyl/N-ethyl adjacent to an activating group) is 1. The number of nitrogens with zero attached hydrogens (tertiary/aromatic N) is 2. The Labute approximate surface area is 199 Å². The highest BCUT2D eigenvalue weighted by atomic mass is 32.2. The Kier molecular flexibility index (Phi) is 7.16.